The molecular weight excluding hydrogens is 225 g/mol. The SMILES string of the molecule is Clc1cc(Cl)cc(SC2CNC2)c1. The van der Waals surface area contributed by atoms with Crippen LogP contribution in [0.5, 0.6) is 0 Å². The number of nitrogens with one attached hydrogen (secondary N) is 1. The van der Waals surface area contributed by atoms with Crippen molar-refractivity contribution in [2.24, 2.45) is 0 Å². The Hall–Kier alpha value is 0.110. The molecule has 1 heterocycles. The summed E-state index contributed by atoms with van der Waals surface area (Å²) in [6.07, 6.45) is 0. The Morgan fingerprint density at radius 1 is 1.15 bits per heavy atom. The third-order valence-corrected chi connectivity index (χ3v) is 3.49. The molecule has 1 aromatic rings. The topological polar surface area (TPSA) is 12.0 Å². The number of rotatable bonds is 2. The maximum atomic E-state index is 5.88. The minimum Gasteiger partial charge on any atom is -0.314 e. The molecule has 1 saturated heterocycles. The van der Waals surface area contributed by atoms with E-state index >= 15 is 0 Å². The second-order valence-electron chi connectivity index (χ2n) is 3.00. The van der Waals surface area contributed by atoms with Crippen molar-refractivity contribution in [3.63, 3.8) is 0 Å². The highest BCUT2D eigenvalue weighted by atomic mass is 35.5. The summed E-state index contributed by atoms with van der Waals surface area (Å²) in [4.78, 5) is 1.16. The van der Waals surface area contributed by atoms with Crippen molar-refractivity contribution in [1.29, 1.82) is 0 Å². The minimum absolute atomic E-state index is 0.675. The van der Waals surface area contributed by atoms with Gasteiger partial charge in [-0.25, -0.2) is 0 Å². The van der Waals surface area contributed by atoms with Gasteiger partial charge in [0.2, 0.25) is 0 Å². The van der Waals surface area contributed by atoms with Crippen LogP contribution in [0.1, 0.15) is 0 Å². The second kappa shape index (κ2) is 4.09. The van der Waals surface area contributed by atoms with Gasteiger partial charge in [0.15, 0.2) is 0 Å². The molecule has 1 aliphatic rings. The van der Waals surface area contributed by atoms with Crippen LogP contribution in [0.15, 0.2) is 23.1 Å². The number of halogens is 2. The average Bonchev–Trinajstić information content (AvgIpc) is 1.95. The Bertz CT molecular complexity index is 292. The summed E-state index contributed by atoms with van der Waals surface area (Å²) in [6, 6.07) is 5.67. The highest BCUT2D eigenvalue weighted by Crippen LogP contribution is 2.30. The van der Waals surface area contributed by atoms with Crippen LogP contribution in [0, 0.1) is 0 Å². The molecule has 0 aromatic heterocycles. The first-order valence-corrected chi connectivity index (χ1v) is 5.71. The highest BCUT2D eigenvalue weighted by molar-refractivity contribution is 8.00. The van der Waals surface area contributed by atoms with Crippen LogP contribution in [0.2, 0.25) is 10.0 Å². The van der Waals surface area contributed by atoms with Gasteiger partial charge in [0, 0.05) is 33.3 Å². The van der Waals surface area contributed by atoms with Crippen molar-refractivity contribution in [3.8, 4) is 0 Å². The largest absolute Gasteiger partial charge is 0.314 e. The molecule has 1 nitrogen and oxygen atoms in total. The van der Waals surface area contributed by atoms with Gasteiger partial charge >= 0.3 is 0 Å². The van der Waals surface area contributed by atoms with Crippen molar-refractivity contribution < 1.29 is 0 Å². The molecule has 0 saturated carbocycles. The first-order valence-electron chi connectivity index (χ1n) is 4.07. The molecule has 1 N–H and O–H groups in total. The van der Waals surface area contributed by atoms with Crippen LogP contribution in [-0.2, 0) is 0 Å². The summed E-state index contributed by atoms with van der Waals surface area (Å²) in [6.45, 7) is 2.16. The van der Waals surface area contributed by atoms with Crippen molar-refractivity contribution in [3.05, 3.63) is 28.2 Å². The summed E-state index contributed by atoms with van der Waals surface area (Å²) in [5.74, 6) is 0. The van der Waals surface area contributed by atoms with Gasteiger partial charge in [-0.15, -0.1) is 11.8 Å². The fraction of sp³-hybridized carbons (Fsp3) is 0.333. The smallest absolute Gasteiger partial charge is 0.0431 e. The van der Waals surface area contributed by atoms with E-state index in [2.05, 4.69) is 5.32 Å². The zero-order valence-corrected chi connectivity index (χ0v) is 9.22. The van der Waals surface area contributed by atoms with Crippen LogP contribution in [0.3, 0.4) is 0 Å². The average molecular weight is 234 g/mol. The van der Waals surface area contributed by atoms with E-state index in [1.807, 2.05) is 23.9 Å². The van der Waals surface area contributed by atoms with E-state index < -0.39 is 0 Å². The molecule has 0 amide bonds. The van der Waals surface area contributed by atoms with Crippen LogP contribution < -0.4 is 5.32 Å². The molecule has 0 radical (unpaired) electrons. The van der Waals surface area contributed by atoms with Gasteiger partial charge in [0.25, 0.3) is 0 Å². The number of hydrogen-bond acceptors (Lipinski definition) is 2. The molecule has 4 heteroatoms. The summed E-state index contributed by atoms with van der Waals surface area (Å²) >= 11 is 13.6. The van der Waals surface area contributed by atoms with Crippen LogP contribution in [0.4, 0.5) is 0 Å². The van der Waals surface area contributed by atoms with Gasteiger partial charge in [-0.1, -0.05) is 23.2 Å². The summed E-state index contributed by atoms with van der Waals surface area (Å²) in [5.41, 5.74) is 0. The Kier molecular flexibility index (Phi) is 3.04. The molecule has 1 fully saturated rings. The van der Waals surface area contributed by atoms with Gasteiger partial charge < -0.3 is 5.32 Å². The van der Waals surface area contributed by atoms with Crippen molar-refractivity contribution in [1.82, 2.24) is 5.32 Å². The molecule has 0 bridgehead atoms. The standard InChI is InChI=1S/C9H9Cl2NS/c10-6-1-7(11)3-8(2-6)13-9-4-12-5-9/h1-3,9,12H,4-5H2. The Morgan fingerprint density at radius 3 is 2.23 bits per heavy atom. The first-order chi connectivity index (χ1) is 6.24. The van der Waals surface area contributed by atoms with E-state index in [0.29, 0.717) is 15.3 Å². The summed E-state index contributed by atoms with van der Waals surface area (Å²) in [5, 5.41) is 5.32. The quantitative estimate of drug-likeness (QED) is 0.843. The number of thioether (sulfide) groups is 1. The molecule has 0 atom stereocenters. The first kappa shape index (κ1) is 9.66. The number of benzene rings is 1. The lowest BCUT2D eigenvalue weighted by Gasteiger charge is -2.26. The Morgan fingerprint density at radius 2 is 1.77 bits per heavy atom. The lowest BCUT2D eigenvalue weighted by molar-refractivity contribution is 0.544. The molecule has 2 rings (SSSR count). The maximum absolute atomic E-state index is 5.88. The van der Waals surface area contributed by atoms with Crippen molar-refractivity contribution in [2.75, 3.05) is 13.1 Å². The fourth-order valence-electron chi connectivity index (χ4n) is 1.13. The van der Waals surface area contributed by atoms with E-state index in [9.17, 15) is 0 Å². The minimum atomic E-state index is 0.675. The van der Waals surface area contributed by atoms with Gasteiger partial charge in [-0.2, -0.15) is 0 Å². The van der Waals surface area contributed by atoms with E-state index in [1.54, 1.807) is 6.07 Å². The highest BCUT2D eigenvalue weighted by Gasteiger charge is 2.17. The fourth-order valence-corrected chi connectivity index (χ4v) is 2.97. The molecule has 13 heavy (non-hydrogen) atoms. The van der Waals surface area contributed by atoms with E-state index in [0.717, 1.165) is 18.0 Å². The van der Waals surface area contributed by atoms with Crippen LogP contribution in [0.25, 0.3) is 0 Å². The lowest BCUT2D eigenvalue weighted by Crippen LogP contribution is -2.44. The second-order valence-corrected chi connectivity index (χ2v) is 5.25. The van der Waals surface area contributed by atoms with Crippen LogP contribution in [-0.4, -0.2) is 18.3 Å². The predicted molar refractivity (Wildman–Crippen MR) is 59.0 cm³/mol. The molecular formula is C9H9Cl2NS. The van der Waals surface area contributed by atoms with Gasteiger partial charge in [-0.05, 0) is 18.2 Å². The molecule has 70 valence electrons. The summed E-state index contributed by atoms with van der Waals surface area (Å²) in [7, 11) is 0. The van der Waals surface area contributed by atoms with Gasteiger partial charge in [0.1, 0.15) is 0 Å². The molecule has 0 unspecified atom stereocenters. The zero-order chi connectivity index (χ0) is 9.26. The lowest BCUT2D eigenvalue weighted by atomic mass is 10.3. The summed E-state index contributed by atoms with van der Waals surface area (Å²) < 4.78 is 0. The van der Waals surface area contributed by atoms with Gasteiger partial charge in [0.05, 0.1) is 0 Å². The Balaban J connectivity index is 2.10. The Labute approximate surface area is 91.8 Å². The molecule has 1 aliphatic heterocycles. The molecule has 1 aromatic carbocycles. The van der Waals surface area contributed by atoms with Gasteiger partial charge in [-0.3, -0.25) is 0 Å². The monoisotopic (exact) mass is 233 g/mol. The van der Waals surface area contributed by atoms with E-state index in [-0.39, 0.29) is 0 Å². The molecule has 0 spiro atoms. The zero-order valence-electron chi connectivity index (χ0n) is 6.89. The van der Waals surface area contributed by atoms with Crippen LogP contribution >= 0.6 is 35.0 Å². The van der Waals surface area contributed by atoms with E-state index in [4.69, 9.17) is 23.2 Å². The normalized spacial score (nSPS) is 17.1. The maximum Gasteiger partial charge on any atom is 0.0431 e. The number of hydrogen-bond donors (Lipinski definition) is 1. The van der Waals surface area contributed by atoms with Crippen molar-refractivity contribution >= 4 is 35.0 Å². The van der Waals surface area contributed by atoms with Crippen molar-refractivity contribution in [2.45, 2.75) is 10.1 Å². The molecule has 0 aliphatic carbocycles. The van der Waals surface area contributed by atoms with E-state index in [1.165, 1.54) is 0 Å². The third kappa shape index (κ3) is 2.53. The third-order valence-electron chi connectivity index (χ3n) is 1.88. The predicted octanol–water partition coefficient (Wildman–Crippen LogP) is 3.06.